The molecule has 3 heterocycles. The Morgan fingerprint density at radius 1 is 1.33 bits per heavy atom. The molecule has 0 fully saturated rings. The van der Waals surface area contributed by atoms with E-state index in [1.165, 1.54) is 6.20 Å². The summed E-state index contributed by atoms with van der Waals surface area (Å²) in [5.41, 5.74) is 7.06. The van der Waals surface area contributed by atoms with E-state index in [1.807, 2.05) is 13.8 Å². The lowest BCUT2D eigenvalue weighted by Crippen LogP contribution is -2.26. The number of rotatable bonds is 5. The number of nitrogens with zero attached hydrogens (tertiary/aromatic N) is 2. The van der Waals surface area contributed by atoms with Gasteiger partial charge in [-0.25, -0.2) is 14.8 Å². The molecule has 3 aromatic rings. The molecule has 12 heteroatoms. The molecule has 2 amide bonds. The van der Waals surface area contributed by atoms with Gasteiger partial charge in [0.1, 0.15) is 23.2 Å². The fraction of sp³-hybridized carbons (Fsp3) is 0.286. The highest BCUT2D eigenvalue weighted by Gasteiger charge is 2.20. The van der Waals surface area contributed by atoms with Crippen molar-refractivity contribution in [3.8, 4) is 5.75 Å². The first-order chi connectivity index (χ1) is 15.7. The minimum absolute atomic E-state index is 0.0265. The third kappa shape index (κ3) is 5.79. The largest absolute Gasteiger partial charge is 0.482 e. The minimum atomic E-state index is -1.15. The van der Waals surface area contributed by atoms with Crippen LogP contribution >= 0.6 is 12.6 Å². The summed E-state index contributed by atoms with van der Waals surface area (Å²) in [6.07, 6.45) is 2.41. The number of fused-ring (bicyclic) bond motifs is 2. The van der Waals surface area contributed by atoms with Crippen LogP contribution in [0.15, 0.2) is 30.7 Å². The number of carboxylic acids is 1. The number of aromatic nitrogens is 3. The Hall–Kier alpha value is -3.64. The standard InChI is InChI=1S/C17H13N5O5.C4H11NS/c23-12-6-27-11-2-1-8(3-10(11)22-12)4-19-16(24)15-14-13(20-7-21-15)9(5-18-14)17(25)26;1-3(5)4(2)6/h1-3,5,7,18H,4,6H2,(H,19,24)(H,22,23)(H,25,26);3-4,6H,5H2,1-2H3/t;3-,4?/m.0/s1. The second-order valence-corrected chi connectivity index (χ2v) is 8.22. The molecular formula is C21H24N6O5S. The van der Waals surface area contributed by atoms with Gasteiger partial charge in [-0.3, -0.25) is 9.59 Å². The molecule has 0 saturated carbocycles. The second-order valence-electron chi connectivity index (χ2n) is 7.40. The molecule has 0 radical (unpaired) electrons. The highest BCUT2D eigenvalue weighted by Crippen LogP contribution is 2.28. The Morgan fingerprint density at radius 2 is 2.06 bits per heavy atom. The fourth-order valence-corrected chi connectivity index (χ4v) is 2.78. The smallest absolute Gasteiger partial charge is 0.339 e. The summed E-state index contributed by atoms with van der Waals surface area (Å²) in [6.45, 7) is 4.08. The molecule has 4 rings (SSSR count). The molecule has 1 aromatic carbocycles. The number of H-pyrrole nitrogens is 1. The Kier molecular flexibility index (Phi) is 7.51. The molecule has 1 aliphatic rings. The molecule has 0 saturated heterocycles. The summed E-state index contributed by atoms with van der Waals surface area (Å²) in [7, 11) is 0. The normalized spacial score (nSPS) is 14.1. The van der Waals surface area contributed by atoms with Crippen LogP contribution in [0.2, 0.25) is 0 Å². The van der Waals surface area contributed by atoms with E-state index in [0.29, 0.717) is 16.7 Å². The Balaban J connectivity index is 0.000000454. The second kappa shape index (κ2) is 10.3. The van der Waals surface area contributed by atoms with Crippen molar-refractivity contribution in [2.24, 2.45) is 5.73 Å². The number of aromatic carboxylic acids is 1. The summed E-state index contributed by atoms with van der Waals surface area (Å²) in [5, 5.41) is 14.9. The first kappa shape index (κ1) is 24.0. The van der Waals surface area contributed by atoms with Gasteiger partial charge in [0.2, 0.25) is 0 Å². The van der Waals surface area contributed by atoms with Crippen molar-refractivity contribution in [3.05, 3.63) is 47.5 Å². The van der Waals surface area contributed by atoms with Crippen molar-refractivity contribution in [1.29, 1.82) is 0 Å². The third-order valence-corrected chi connectivity index (χ3v) is 5.27. The number of carbonyl (C=O) groups is 3. The molecule has 2 aromatic heterocycles. The summed E-state index contributed by atoms with van der Waals surface area (Å²) >= 11 is 4.07. The van der Waals surface area contributed by atoms with E-state index in [-0.39, 0.29) is 47.4 Å². The highest BCUT2D eigenvalue weighted by atomic mass is 32.1. The van der Waals surface area contributed by atoms with E-state index < -0.39 is 11.9 Å². The quantitative estimate of drug-likeness (QED) is 0.304. The summed E-state index contributed by atoms with van der Waals surface area (Å²) in [6, 6.07) is 5.40. The molecule has 33 heavy (non-hydrogen) atoms. The maximum atomic E-state index is 12.5. The predicted molar refractivity (Wildman–Crippen MR) is 125 cm³/mol. The number of thiol groups is 1. The maximum absolute atomic E-state index is 12.5. The van der Waals surface area contributed by atoms with Crippen LogP contribution in [0.5, 0.6) is 5.75 Å². The van der Waals surface area contributed by atoms with E-state index in [2.05, 4.69) is 38.2 Å². The van der Waals surface area contributed by atoms with Crippen molar-refractivity contribution in [1.82, 2.24) is 20.3 Å². The number of nitrogens with one attached hydrogen (secondary N) is 3. The third-order valence-electron chi connectivity index (χ3n) is 4.80. The van der Waals surface area contributed by atoms with Crippen LogP contribution < -0.4 is 21.1 Å². The summed E-state index contributed by atoms with van der Waals surface area (Å²) in [5.74, 6) is -1.31. The lowest BCUT2D eigenvalue weighted by atomic mass is 10.1. The van der Waals surface area contributed by atoms with Crippen LogP contribution in [0.3, 0.4) is 0 Å². The van der Waals surface area contributed by atoms with Crippen LogP contribution in [0.25, 0.3) is 11.0 Å². The number of anilines is 1. The van der Waals surface area contributed by atoms with E-state index >= 15 is 0 Å². The van der Waals surface area contributed by atoms with Gasteiger partial charge >= 0.3 is 5.97 Å². The van der Waals surface area contributed by atoms with Crippen molar-refractivity contribution >= 4 is 47.1 Å². The monoisotopic (exact) mass is 472 g/mol. The number of hydrogen-bond donors (Lipinski definition) is 6. The number of carbonyl (C=O) groups excluding carboxylic acids is 2. The molecule has 2 atom stereocenters. The number of ether oxygens (including phenoxy) is 1. The van der Waals surface area contributed by atoms with E-state index in [1.54, 1.807) is 18.2 Å². The van der Waals surface area contributed by atoms with Crippen LogP contribution in [0.1, 0.15) is 40.3 Å². The minimum Gasteiger partial charge on any atom is -0.482 e. The van der Waals surface area contributed by atoms with Gasteiger partial charge < -0.3 is 31.2 Å². The van der Waals surface area contributed by atoms with Crippen LogP contribution in [-0.4, -0.2) is 55.7 Å². The molecule has 0 aliphatic carbocycles. The van der Waals surface area contributed by atoms with Crippen molar-refractivity contribution < 1.29 is 24.2 Å². The summed E-state index contributed by atoms with van der Waals surface area (Å²) in [4.78, 5) is 45.7. The Morgan fingerprint density at radius 3 is 2.73 bits per heavy atom. The molecule has 174 valence electrons. The van der Waals surface area contributed by atoms with E-state index in [4.69, 9.17) is 15.6 Å². The van der Waals surface area contributed by atoms with Gasteiger partial charge in [-0.2, -0.15) is 12.6 Å². The van der Waals surface area contributed by atoms with E-state index in [9.17, 15) is 14.4 Å². The topological polar surface area (TPSA) is 172 Å². The number of benzene rings is 1. The van der Waals surface area contributed by atoms with Crippen LogP contribution in [0, 0.1) is 0 Å². The number of hydrogen-bond acceptors (Lipinski definition) is 8. The van der Waals surface area contributed by atoms with Gasteiger partial charge in [-0.05, 0) is 24.6 Å². The average molecular weight is 473 g/mol. The maximum Gasteiger partial charge on any atom is 0.339 e. The van der Waals surface area contributed by atoms with Gasteiger partial charge in [-0.1, -0.05) is 13.0 Å². The lowest BCUT2D eigenvalue weighted by molar-refractivity contribution is -0.118. The zero-order valence-electron chi connectivity index (χ0n) is 18.0. The van der Waals surface area contributed by atoms with Crippen molar-refractivity contribution in [2.75, 3.05) is 11.9 Å². The van der Waals surface area contributed by atoms with Crippen LogP contribution in [0.4, 0.5) is 5.69 Å². The van der Waals surface area contributed by atoms with Gasteiger partial charge in [0.15, 0.2) is 12.3 Å². The summed E-state index contributed by atoms with van der Waals surface area (Å²) < 4.78 is 5.29. The Bertz CT molecular complexity index is 1190. The number of nitrogens with two attached hydrogens (primary N) is 1. The van der Waals surface area contributed by atoms with E-state index in [0.717, 1.165) is 11.9 Å². The van der Waals surface area contributed by atoms with Gasteiger partial charge in [0, 0.05) is 24.0 Å². The predicted octanol–water partition coefficient (Wildman–Crippen LogP) is 1.57. The van der Waals surface area contributed by atoms with Crippen molar-refractivity contribution in [2.45, 2.75) is 31.7 Å². The first-order valence-electron chi connectivity index (χ1n) is 10.00. The molecule has 1 aliphatic heterocycles. The zero-order chi connectivity index (χ0) is 24.1. The van der Waals surface area contributed by atoms with Gasteiger partial charge in [-0.15, -0.1) is 0 Å². The van der Waals surface area contributed by atoms with Crippen LogP contribution in [-0.2, 0) is 11.3 Å². The number of amides is 2. The van der Waals surface area contributed by atoms with Gasteiger partial charge in [0.25, 0.3) is 11.8 Å². The first-order valence-corrected chi connectivity index (χ1v) is 10.5. The molecular weight excluding hydrogens is 448 g/mol. The fourth-order valence-electron chi connectivity index (χ4n) is 2.78. The zero-order valence-corrected chi connectivity index (χ0v) is 18.8. The Labute approximate surface area is 194 Å². The SMILES string of the molecule is CC(S)[C@H](C)N.O=C1COc2ccc(CNC(=O)c3ncnc4c(C(=O)O)c[nH]c34)cc2N1. The molecule has 0 bridgehead atoms. The molecule has 1 unspecified atom stereocenters. The lowest BCUT2D eigenvalue weighted by Gasteiger charge is -2.18. The van der Waals surface area contributed by atoms with Crippen molar-refractivity contribution in [3.63, 3.8) is 0 Å². The van der Waals surface area contributed by atoms with Gasteiger partial charge in [0.05, 0.1) is 11.2 Å². The molecule has 6 N–H and O–H groups in total. The molecule has 0 spiro atoms. The highest BCUT2D eigenvalue weighted by molar-refractivity contribution is 7.81. The average Bonchev–Trinajstić information content (AvgIpc) is 3.22. The molecule has 11 nitrogen and oxygen atoms in total. The number of carboxylic acid groups (broad SMARTS) is 1. The number of aromatic amines is 1.